The van der Waals surface area contributed by atoms with Gasteiger partial charge in [-0.15, -0.1) is 0 Å². The van der Waals surface area contributed by atoms with E-state index in [9.17, 15) is 9.90 Å². The number of rotatable bonds is 6. The Labute approximate surface area is 121 Å². The van der Waals surface area contributed by atoms with Gasteiger partial charge in [0.25, 0.3) is 0 Å². The Morgan fingerprint density at radius 3 is 2.70 bits per heavy atom. The van der Waals surface area contributed by atoms with Crippen molar-refractivity contribution in [2.75, 3.05) is 0 Å². The van der Waals surface area contributed by atoms with Crippen molar-refractivity contribution >= 4 is 5.97 Å². The lowest BCUT2D eigenvalue weighted by Gasteiger charge is -2.37. The minimum Gasteiger partial charge on any atom is -0.481 e. The van der Waals surface area contributed by atoms with Crippen molar-refractivity contribution in [3.8, 4) is 0 Å². The molecule has 1 heterocycles. The lowest BCUT2D eigenvalue weighted by atomic mass is 9.67. The summed E-state index contributed by atoms with van der Waals surface area (Å²) in [5, 5.41) is 9.66. The van der Waals surface area contributed by atoms with E-state index in [1.54, 1.807) is 6.20 Å². The maximum absolute atomic E-state index is 11.7. The highest BCUT2D eigenvalue weighted by atomic mass is 16.4. The molecule has 1 aliphatic carbocycles. The lowest BCUT2D eigenvalue weighted by molar-refractivity contribution is -0.152. The fourth-order valence-electron chi connectivity index (χ4n) is 3.41. The van der Waals surface area contributed by atoms with Crippen molar-refractivity contribution in [1.29, 1.82) is 0 Å². The first-order valence-electron chi connectivity index (χ1n) is 7.79. The van der Waals surface area contributed by atoms with Gasteiger partial charge in [-0.2, -0.15) is 0 Å². The number of aromatic nitrogens is 1. The Morgan fingerprint density at radius 2 is 2.15 bits per heavy atom. The van der Waals surface area contributed by atoms with Crippen LogP contribution >= 0.6 is 0 Å². The molecule has 0 spiro atoms. The Hall–Kier alpha value is -1.38. The SMILES string of the molecule is CCCC1CCC(CCc2ccccn2)(C(=O)O)CC1. The predicted octanol–water partition coefficient (Wildman–Crippen LogP) is 4.08. The standard InChI is InChI=1S/C17H25NO2/c1-2-5-14-7-10-17(11-8-14,16(19)20)12-9-15-6-3-4-13-18-15/h3-4,6,13-14H,2,5,7-12H2,1H3,(H,19,20). The van der Waals surface area contributed by atoms with Gasteiger partial charge in [-0.25, -0.2) is 0 Å². The Kier molecular flexibility index (Phi) is 5.16. The number of carboxylic acid groups (broad SMARTS) is 1. The molecule has 1 aromatic rings. The van der Waals surface area contributed by atoms with Gasteiger partial charge in [0.1, 0.15) is 0 Å². The Bertz CT molecular complexity index is 422. The van der Waals surface area contributed by atoms with Crippen molar-refractivity contribution in [2.24, 2.45) is 11.3 Å². The molecule has 1 aliphatic rings. The van der Waals surface area contributed by atoms with Gasteiger partial charge < -0.3 is 5.11 Å². The number of hydrogen-bond acceptors (Lipinski definition) is 2. The van der Waals surface area contributed by atoms with E-state index >= 15 is 0 Å². The Balaban J connectivity index is 1.96. The quantitative estimate of drug-likeness (QED) is 0.851. The average molecular weight is 275 g/mol. The summed E-state index contributed by atoms with van der Waals surface area (Å²) >= 11 is 0. The lowest BCUT2D eigenvalue weighted by Crippen LogP contribution is -2.36. The van der Waals surface area contributed by atoms with Crippen LogP contribution in [-0.2, 0) is 11.2 Å². The van der Waals surface area contributed by atoms with Crippen LogP contribution in [-0.4, -0.2) is 16.1 Å². The van der Waals surface area contributed by atoms with Crippen LogP contribution in [0.4, 0.5) is 0 Å². The third-order valence-corrected chi connectivity index (χ3v) is 4.80. The van der Waals surface area contributed by atoms with E-state index in [1.807, 2.05) is 18.2 Å². The molecule has 0 unspecified atom stereocenters. The first kappa shape index (κ1) is 15.0. The first-order chi connectivity index (χ1) is 9.66. The summed E-state index contributed by atoms with van der Waals surface area (Å²) in [6.07, 6.45) is 9.53. The molecule has 0 aliphatic heterocycles. The zero-order valence-electron chi connectivity index (χ0n) is 12.3. The molecule has 0 bridgehead atoms. The molecule has 110 valence electrons. The van der Waals surface area contributed by atoms with Crippen LogP contribution in [0, 0.1) is 11.3 Å². The monoisotopic (exact) mass is 275 g/mol. The summed E-state index contributed by atoms with van der Waals surface area (Å²) < 4.78 is 0. The summed E-state index contributed by atoms with van der Waals surface area (Å²) in [5.41, 5.74) is 0.491. The highest BCUT2D eigenvalue weighted by Crippen LogP contribution is 2.43. The molecule has 1 N–H and O–H groups in total. The molecule has 0 radical (unpaired) electrons. The zero-order valence-corrected chi connectivity index (χ0v) is 12.3. The van der Waals surface area contributed by atoms with E-state index in [4.69, 9.17) is 0 Å². The average Bonchev–Trinajstić information content (AvgIpc) is 2.48. The summed E-state index contributed by atoms with van der Waals surface area (Å²) in [6.45, 7) is 2.21. The van der Waals surface area contributed by atoms with Crippen molar-refractivity contribution in [3.05, 3.63) is 30.1 Å². The molecular formula is C17H25NO2. The van der Waals surface area contributed by atoms with Crippen LogP contribution < -0.4 is 0 Å². The van der Waals surface area contributed by atoms with E-state index in [0.717, 1.165) is 50.1 Å². The number of nitrogens with zero attached hydrogens (tertiary/aromatic N) is 1. The van der Waals surface area contributed by atoms with E-state index < -0.39 is 11.4 Å². The fourth-order valence-corrected chi connectivity index (χ4v) is 3.41. The summed E-state index contributed by atoms with van der Waals surface area (Å²) in [7, 11) is 0. The number of aryl methyl sites for hydroxylation is 1. The van der Waals surface area contributed by atoms with Gasteiger partial charge in [0.2, 0.25) is 0 Å². The highest BCUT2D eigenvalue weighted by molar-refractivity contribution is 5.74. The molecule has 3 nitrogen and oxygen atoms in total. The van der Waals surface area contributed by atoms with Crippen molar-refractivity contribution in [3.63, 3.8) is 0 Å². The van der Waals surface area contributed by atoms with Crippen LogP contribution in [0.25, 0.3) is 0 Å². The zero-order chi connectivity index (χ0) is 14.4. The first-order valence-corrected chi connectivity index (χ1v) is 7.79. The molecule has 2 rings (SSSR count). The Morgan fingerprint density at radius 1 is 1.40 bits per heavy atom. The molecule has 1 saturated carbocycles. The highest BCUT2D eigenvalue weighted by Gasteiger charge is 2.41. The van der Waals surface area contributed by atoms with E-state index in [1.165, 1.54) is 12.8 Å². The smallest absolute Gasteiger partial charge is 0.309 e. The number of carboxylic acids is 1. The van der Waals surface area contributed by atoms with Crippen LogP contribution in [0.1, 0.15) is 57.6 Å². The van der Waals surface area contributed by atoms with Crippen molar-refractivity contribution in [2.45, 2.75) is 58.3 Å². The molecule has 20 heavy (non-hydrogen) atoms. The summed E-state index contributed by atoms with van der Waals surface area (Å²) in [6, 6.07) is 5.85. The number of carbonyl (C=O) groups is 1. The predicted molar refractivity (Wildman–Crippen MR) is 79.5 cm³/mol. The number of pyridine rings is 1. The largest absolute Gasteiger partial charge is 0.481 e. The summed E-state index contributed by atoms with van der Waals surface area (Å²) in [5.74, 6) is 0.130. The maximum Gasteiger partial charge on any atom is 0.309 e. The van der Waals surface area contributed by atoms with Crippen molar-refractivity contribution in [1.82, 2.24) is 4.98 Å². The molecule has 0 aromatic carbocycles. The van der Waals surface area contributed by atoms with Crippen LogP contribution in [0.15, 0.2) is 24.4 Å². The van der Waals surface area contributed by atoms with Gasteiger partial charge in [-0.3, -0.25) is 9.78 Å². The second-order valence-corrected chi connectivity index (χ2v) is 6.14. The minimum absolute atomic E-state index is 0.512. The van der Waals surface area contributed by atoms with Gasteiger partial charge in [-0.05, 0) is 56.6 Å². The van der Waals surface area contributed by atoms with Gasteiger partial charge in [-0.1, -0.05) is 25.8 Å². The molecule has 0 atom stereocenters. The summed E-state index contributed by atoms with van der Waals surface area (Å²) in [4.78, 5) is 16.0. The molecule has 3 heteroatoms. The van der Waals surface area contributed by atoms with Gasteiger partial charge in [0.15, 0.2) is 0 Å². The van der Waals surface area contributed by atoms with Crippen LogP contribution in [0.2, 0.25) is 0 Å². The van der Waals surface area contributed by atoms with Gasteiger partial charge >= 0.3 is 5.97 Å². The molecule has 0 amide bonds. The van der Waals surface area contributed by atoms with E-state index in [0.29, 0.717) is 0 Å². The molecule has 1 aromatic heterocycles. The van der Waals surface area contributed by atoms with Crippen molar-refractivity contribution < 1.29 is 9.90 Å². The maximum atomic E-state index is 11.7. The normalized spacial score (nSPS) is 26.4. The number of aliphatic carboxylic acids is 1. The third kappa shape index (κ3) is 3.59. The fraction of sp³-hybridized carbons (Fsp3) is 0.647. The minimum atomic E-state index is -0.608. The molecule has 1 fully saturated rings. The topological polar surface area (TPSA) is 50.2 Å². The van der Waals surface area contributed by atoms with Gasteiger partial charge in [0.05, 0.1) is 5.41 Å². The van der Waals surface area contributed by atoms with E-state index in [-0.39, 0.29) is 0 Å². The molecule has 0 saturated heterocycles. The number of hydrogen-bond donors (Lipinski definition) is 1. The second kappa shape index (κ2) is 6.87. The van der Waals surface area contributed by atoms with Crippen LogP contribution in [0.3, 0.4) is 0 Å². The van der Waals surface area contributed by atoms with Gasteiger partial charge in [0, 0.05) is 11.9 Å². The van der Waals surface area contributed by atoms with E-state index in [2.05, 4.69) is 11.9 Å². The van der Waals surface area contributed by atoms with Crippen LogP contribution in [0.5, 0.6) is 0 Å². The third-order valence-electron chi connectivity index (χ3n) is 4.80. The second-order valence-electron chi connectivity index (χ2n) is 6.14. The molecular weight excluding hydrogens is 250 g/mol.